The minimum Gasteiger partial charge on any atom is -0.0683 e. The van der Waals surface area contributed by atoms with Crippen LogP contribution >= 0.6 is 0 Å². The Labute approximate surface area is 94.7 Å². The lowest BCUT2D eigenvalue weighted by atomic mass is 9.68. The predicted molar refractivity (Wildman–Crippen MR) is 68.2 cm³/mol. The first-order valence-electron chi connectivity index (χ1n) is 6.46. The van der Waals surface area contributed by atoms with Crippen LogP contribution in [-0.4, -0.2) is 0 Å². The highest BCUT2D eigenvalue weighted by atomic mass is 14.3. The minimum absolute atomic E-state index is 0.876. The zero-order valence-corrected chi connectivity index (χ0v) is 10.4. The molecule has 0 bridgehead atoms. The third-order valence-electron chi connectivity index (χ3n) is 3.30. The van der Waals surface area contributed by atoms with E-state index in [9.17, 15) is 0 Å². The zero-order chi connectivity index (χ0) is 11.1. The van der Waals surface area contributed by atoms with E-state index in [2.05, 4.69) is 37.3 Å². The van der Waals surface area contributed by atoms with Gasteiger partial charge in [0.25, 0.3) is 0 Å². The van der Waals surface area contributed by atoms with Crippen LogP contribution in [0.4, 0.5) is 0 Å². The molecule has 1 aliphatic rings. The van der Waals surface area contributed by atoms with Crippen LogP contribution in [0.3, 0.4) is 0 Å². The van der Waals surface area contributed by atoms with Crippen molar-refractivity contribution in [3.8, 4) is 0 Å². The van der Waals surface area contributed by atoms with E-state index in [0.29, 0.717) is 0 Å². The third-order valence-corrected chi connectivity index (χ3v) is 3.30. The average Bonchev–Trinajstić information content (AvgIpc) is 2.29. The van der Waals surface area contributed by atoms with Crippen molar-refractivity contribution in [1.82, 2.24) is 0 Å². The Morgan fingerprint density at radius 3 is 2.20 bits per heavy atom. The van der Waals surface area contributed by atoms with E-state index < -0.39 is 0 Å². The van der Waals surface area contributed by atoms with Gasteiger partial charge >= 0.3 is 0 Å². The Hall–Kier alpha value is -0.780. The highest BCUT2D eigenvalue weighted by Crippen LogP contribution is 2.44. The predicted octanol–water partition coefficient (Wildman–Crippen LogP) is 5.01. The highest BCUT2D eigenvalue weighted by molar-refractivity contribution is 5.22. The van der Waals surface area contributed by atoms with Gasteiger partial charge in [0.2, 0.25) is 0 Å². The number of hydrogen-bond donors (Lipinski definition) is 0. The molecule has 1 aliphatic carbocycles. The van der Waals surface area contributed by atoms with Gasteiger partial charge in [-0.2, -0.15) is 0 Å². The van der Waals surface area contributed by atoms with Gasteiger partial charge in [0, 0.05) is 0 Å². The van der Waals surface area contributed by atoms with E-state index in [4.69, 9.17) is 0 Å². The molecule has 1 aromatic rings. The minimum atomic E-state index is 0.876. The molecule has 0 aliphatic heterocycles. The lowest BCUT2D eigenvalue weighted by Crippen LogP contribution is -2.23. The van der Waals surface area contributed by atoms with Crippen LogP contribution in [0.5, 0.6) is 0 Å². The summed E-state index contributed by atoms with van der Waals surface area (Å²) in [5, 5.41) is 0. The fourth-order valence-corrected chi connectivity index (χ4v) is 2.42. The Balaban J connectivity index is 0.000000531. The topological polar surface area (TPSA) is 0 Å². The molecule has 0 heterocycles. The van der Waals surface area contributed by atoms with Crippen LogP contribution in [0.1, 0.15) is 57.9 Å². The van der Waals surface area contributed by atoms with Gasteiger partial charge in [0.05, 0.1) is 0 Å². The van der Waals surface area contributed by atoms with E-state index in [0.717, 1.165) is 11.8 Å². The molecule has 1 fully saturated rings. The van der Waals surface area contributed by atoms with Crippen molar-refractivity contribution < 1.29 is 0 Å². The molecule has 15 heavy (non-hydrogen) atoms. The highest BCUT2D eigenvalue weighted by Gasteiger charge is 2.30. The van der Waals surface area contributed by atoms with Crippen molar-refractivity contribution >= 4 is 0 Å². The van der Waals surface area contributed by atoms with E-state index in [1.807, 2.05) is 13.8 Å². The first kappa shape index (κ1) is 12.3. The van der Waals surface area contributed by atoms with E-state index in [1.165, 1.54) is 25.7 Å². The first-order valence-corrected chi connectivity index (χ1v) is 6.46. The molecule has 1 aromatic carbocycles. The summed E-state index contributed by atoms with van der Waals surface area (Å²) in [6.07, 6.45) is 5.62. The summed E-state index contributed by atoms with van der Waals surface area (Å²) in [6.45, 7) is 6.29. The Bertz CT molecular complexity index is 250. The van der Waals surface area contributed by atoms with Crippen molar-refractivity contribution in [3.05, 3.63) is 35.9 Å². The molecule has 0 amide bonds. The summed E-state index contributed by atoms with van der Waals surface area (Å²) < 4.78 is 0. The molecular weight excluding hydrogens is 180 g/mol. The summed E-state index contributed by atoms with van der Waals surface area (Å²) in [5.41, 5.74) is 1.56. The van der Waals surface area contributed by atoms with E-state index in [1.54, 1.807) is 5.56 Å². The average molecular weight is 204 g/mol. The second kappa shape index (κ2) is 6.66. The first-order chi connectivity index (χ1) is 7.42. The van der Waals surface area contributed by atoms with Crippen molar-refractivity contribution in [2.45, 2.75) is 52.4 Å². The molecule has 0 nitrogen and oxygen atoms in total. The van der Waals surface area contributed by atoms with Crippen LogP contribution in [0.15, 0.2) is 30.3 Å². The Kier molecular flexibility index (Phi) is 5.45. The van der Waals surface area contributed by atoms with Crippen molar-refractivity contribution in [1.29, 1.82) is 0 Å². The van der Waals surface area contributed by atoms with Crippen LogP contribution < -0.4 is 0 Å². The molecule has 2 atom stereocenters. The number of hydrogen-bond acceptors (Lipinski definition) is 0. The van der Waals surface area contributed by atoms with Crippen molar-refractivity contribution in [2.24, 2.45) is 5.92 Å². The summed E-state index contributed by atoms with van der Waals surface area (Å²) in [7, 11) is 0. The molecule has 0 radical (unpaired) electrons. The summed E-state index contributed by atoms with van der Waals surface area (Å²) >= 11 is 0. The molecule has 0 N–H and O–H groups in total. The monoisotopic (exact) mass is 204 g/mol. The van der Waals surface area contributed by atoms with Crippen LogP contribution in [0, 0.1) is 5.92 Å². The van der Waals surface area contributed by atoms with Gasteiger partial charge in [-0.05, 0) is 30.2 Å². The summed E-state index contributed by atoms with van der Waals surface area (Å²) in [6, 6.07) is 11.0. The van der Waals surface area contributed by atoms with Crippen LogP contribution in [-0.2, 0) is 0 Å². The van der Waals surface area contributed by atoms with Gasteiger partial charge in [-0.1, -0.05) is 63.9 Å². The second-order valence-electron chi connectivity index (χ2n) is 4.14. The normalized spacial score (nSPS) is 23.7. The standard InChI is InChI=1S/C13H18.C2H6/c1-2-6-11-9-10-13(11)12-7-4-3-5-8-12;1-2/h3-5,7-8,11,13H,2,6,9-10H2,1H3;1-2H3. The van der Waals surface area contributed by atoms with Crippen LogP contribution in [0.2, 0.25) is 0 Å². The lowest BCUT2D eigenvalue weighted by Gasteiger charge is -2.37. The van der Waals surface area contributed by atoms with Gasteiger partial charge in [-0.25, -0.2) is 0 Å². The van der Waals surface area contributed by atoms with Gasteiger partial charge in [0.1, 0.15) is 0 Å². The van der Waals surface area contributed by atoms with Gasteiger partial charge < -0.3 is 0 Å². The molecule has 0 spiro atoms. The Morgan fingerprint density at radius 2 is 1.73 bits per heavy atom. The fourth-order valence-electron chi connectivity index (χ4n) is 2.42. The summed E-state index contributed by atoms with van der Waals surface area (Å²) in [5.74, 6) is 1.86. The molecule has 0 saturated heterocycles. The molecule has 0 heteroatoms. The lowest BCUT2D eigenvalue weighted by molar-refractivity contribution is 0.237. The molecule has 2 unspecified atom stereocenters. The molecule has 84 valence electrons. The van der Waals surface area contributed by atoms with E-state index >= 15 is 0 Å². The van der Waals surface area contributed by atoms with Crippen molar-refractivity contribution in [2.75, 3.05) is 0 Å². The zero-order valence-electron chi connectivity index (χ0n) is 10.4. The number of rotatable bonds is 3. The number of benzene rings is 1. The largest absolute Gasteiger partial charge is 0.0683 e. The fraction of sp³-hybridized carbons (Fsp3) is 0.600. The van der Waals surface area contributed by atoms with Gasteiger partial charge in [-0.3, -0.25) is 0 Å². The molecular formula is C15H24. The Morgan fingerprint density at radius 1 is 1.07 bits per heavy atom. The molecule has 0 aromatic heterocycles. The van der Waals surface area contributed by atoms with Gasteiger partial charge in [0.15, 0.2) is 0 Å². The molecule has 1 saturated carbocycles. The maximum Gasteiger partial charge on any atom is -0.0134 e. The second-order valence-corrected chi connectivity index (χ2v) is 4.14. The smallest absolute Gasteiger partial charge is 0.0134 e. The quantitative estimate of drug-likeness (QED) is 0.649. The van der Waals surface area contributed by atoms with E-state index in [-0.39, 0.29) is 0 Å². The van der Waals surface area contributed by atoms with Crippen LogP contribution in [0.25, 0.3) is 0 Å². The SMILES string of the molecule is CC.CCCC1CCC1c1ccccc1. The maximum absolute atomic E-state index is 2.29. The van der Waals surface area contributed by atoms with Crippen molar-refractivity contribution in [3.63, 3.8) is 0 Å². The summed E-state index contributed by atoms with van der Waals surface area (Å²) in [4.78, 5) is 0. The van der Waals surface area contributed by atoms with Gasteiger partial charge in [-0.15, -0.1) is 0 Å². The third kappa shape index (κ3) is 3.09. The molecule has 2 rings (SSSR count). The maximum atomic E-state index is 2.29.